The first-order valence-electron chi connectivity index (χ1n) is 3.73. The van der Waals surface area contributed by atoms with Gasteiger partial charge in [0.25, 0.3) is 0 Å². The molecule has 0 saturated heterocycles. The molecule has 5 heteroatoms. The lowest BCUT2D eigenvalue weighted by Crippen LogP contribution is -2.14. The van der Waals surface area contributed by atoms with E-state index >= 15 is 0 Å². The normalized spacial score (nSPS) is 10.2. The van der Waals surface area contributed by atoms with Crippen LogP contribution in [0.4, 0.5) is 17.3 Å². The van der Waals surface area contributed by atoms with E-state index in [2.05, 4.69) is 15.3 Å². The highest BCUT2D eigenvalue weighted by Crippen LogP contribution is 2.19. The largest absolute Gasteiger partial charge is 0.393 e. The third kappa shape index (κ3) is 1.75. The SMILES string of the molecule is CC(C)Nc1ncnc(N)c1N. The number of anilines is 3. The van der Waals surface area contributed by atoms with Gasteiger partial charge in [0, 0.05) is 6.04 Å². The number of aromatic nitrogens is 2. The minimum Gasteiger partial charge on any atom is -0.393 e. The number of nitrogens with zero attached hydrogens (tertiary/aromatic N) is 2. The molecule has 66 valence electrons. The van der Waals surface area contributed by atoms with Crippen molar-refractivity contribution in [3.8, 4) is 0 Å². The molecule has 5 nitrogen and oxygen atoms in total. The number of rotatable bonds is 2. The molecule has 0 aromatic carbocycles. The molecule has 0 radical (unpaired) electrons. The van der Waals surface area contributed by atoms with Gasteiger partial charge in [-0.15, -0.1) is 0 Å². The summed E-state index contributed by atoms with van der Waals surface area (Å²) in [4.78, 5) is 7.70. The van der Waals surface area contributed by atoms with Crippen LogP contribution in [-0.2, 0) is 0 Å². The molecule has 0 amide bonds. The highest BCUT2D eigenvalue weighted by Gasteiger charge is 2.04. The summed E-state index contributed by atoms with van der Waals surface area (Å²) in [7, 11) is 0. The van der Waals surface area contributed by atoms with Crippen LogP contribution in [0.1, 0.15) is 13.8 Å². The average Bonchev–Trinajstić information content (AvgIpc) is 1.98. The van der Waals surface area contributed by atoms with E-state index in [0.717, 1.165) is 0 Å². The maximum atomic E-state index is 5.62. The molecule has 0 aliphatic carbocycles. The fourth-order valence-corrected chi connectivity index (χ4v) is 0.798. The van der Waals surface area contributed by atoms with Crippen molar-refractivity contribution >= 4 is 17.3 Å². The summed E-state index contributed by atoms with van der Waals surface area (Å²) < 4.78 is 0. The Morgan fingerprint density at radius 1 is 1.33 bits per heavy atom. The van der Waals surface area contributed by atoms with Gasteiger partial charge >= 0.3 is 0 Å². The maximum Gasteiger partial charge on any atom is 0.155 e. The van der Waals surface area contributed by atoms with Crippen molar-refractivity contribution in [2.24, 2.45) is 0 Å². The average molecular weight is 167 g/mol. The van der Waals surface area contributed by atoms with Gasteiger partial charge in [-0.25, -0.2) is 9.97 Å². The molecule has 0 spiro atoms. The van der Waals surface area contributed by atoms with Crippen LogP contribution in [0, 0.1) is 0 Å². The van der Waals surface area contributed by atoms with Gasteiger partial charge in [-0.2, -0.15) is 0 Å². The minimum absolute atomic E-state index is 0.279. The maximum absolute atomic E-state index is 5.62. The molecule has 1 aromatic heterocycles. The Hall–Kier alpha value is -1.52. The van der Waals surface area contributed by atoms with Crippen molar-refractivity contribution in [1.29, 1.82) is 0 Å². The lowest BCUT2D eigenvalue weighted by Gasteiger charge is -2.11. The molecule has 0 aliphatic heterocycles. The Morgan fingerprint density at radius 3 is 2.58 bits per heavy atom. The molecule has 1 heterocycles. The van der Waals surface area contributed by atoms with E-state index in [-0.39, 0.29) is 6.04 Å². The summed E-state index contributed by atoms with van der Waals surface area (Å²) in [6.07, 6.45) is 1.39. The Morgan fingerprint density at radius 2 is 2.00 bits per heavy atom. The Labute approximate surface area is 71.2 Å². The first-order valence-corrected chi connectivity index (χ1v) is 3.73. The van der Waals surface area contributed by atoms with Crippen LogP contribution in [0.3, 0.4) is 0 Å². The minimum atomic E-state index is 0.279. The van der Waals surface area contributed by atoms with E-state index in [1.54, 1.807) is 0 Å². The van der Waals surface area contributed by atoms with Crippen molar-refractivity contribution in [2.45, 2.75) is 19.9 Å². The van der Waals surface area contributed by atoms with Gasteiger partial charge in [-0.05, 0) is 13.8 Å². The molecule has 0 fully saturated rings. The summed E-state index contributed by atoms with van der Waals surface area (Å²) in [5.41, 5.74) is 11.5. The highest BCUT2D eigenvalue weighted by atomic mass is 15.1. The second kappa shape index (κ2) is 3.25. The summed E-state index contributed by atoms with van der Waals surface area (Å²) >= 11 is 0. The van der Waals surface area contributed by atoms with E-state index in [9.17, 15) is 0 Å². The van der Waals surface area contributed by atoms with E-state index in [4.69, 9.17) is 11.5 Å². The first kappa shape index (κ1) is 8.58. The molecule has 5 N–H and O–H groups in total. The van der Waals surface area contributed by atoms with Crippen molar-refractivity contribution in [2.75, 3.05) is 16.8 Å². The zero-order chi connectivity index (χ0) is 9.14. The third-order valence-corrected chi connectivity index (χ3v) is 1.34. The van der Waals surface area contributed by atoms with E-state index < -0.39 is 0 Å². The Balaban J connectivity index is 2.92. The van der Waals surface area contributed by atoms with Crippen LogP contribution in [-0.4, -0.2) is 16.0 Å². The summed E-state index contributed by atoms with van der Waals surface area (Å²) in [5, 5.41) is 3.06. The van der Waals surface area contributed by atoms with Crippen molar-refractivity contribution in [3.63, 3.8) is 0 Å². The fourth-order valence-electron chi connectivity index (χ4n) is 0.798. The molecule has 1 rings (SSSR count). The highest BCUT2D eigenvalue weighted by molar-refractivity contribution is 5.72. The van der Waals surface area contributed by atoms with Crippen LogP contribution in [0.15, 0.2) is 6.33 Å². The van der Waals surface area contributed by atoms with E-state index in [1.165, 1.54) is 6.33 Å². The fraction of sp³-hybridized carbons (Fsp3) is 0.429. The topological polar surface area (TPSA) is 89.8 Å². The molecule has 0 aliphatic rings. The molecule has 0 unspecified atom stereocenters. The molecule has 1 aromatic rings. The Bertz CT molecular complexity index is 270. The van der Waals surface area contributed by atoms with Crippen molar-refractivity contribution in [3.05, 3.63) is 6.33 Å². The number of nitrogen functional groups attached to an aromatic ring is 2. The molecule has 0 saturated carbocycles. The quantitative estimate of drug-likeness (QED) is 0.595. The zero-order valence-corrected chi connectivity index (χ0v) is 7.20. The van der Waals surface area contributed by atoms with Gasteiger partial charge in [0.1, 0.15) is 12.0 Å². The summed E-state index contributed by atoms with van der Waals surface area (Å²) in [6.45, 7) is 4.00. The summed E-state index contributed by atoms with van der Waals surface area (Å²) in [5.74, 6) is 0.908. The number of hydrogen-bond acceptors (Lipinski definition) is 5. The predicted molar refractivity (Wildman–Crippen MR) is 49.6 cm³/mol. The molecule has 0 bridgehead atoms. The second-order valence-corrected chi connectivity index (χ2v) is 2.82. The summed E-state index contributed by atoms with van der Waals surface area (Å²) in [6, 6.07) is 0.279. The van der Waals surface area contributed by atoms with Crippen LogP contribution in [0.5, 0.6) is 0 Å². The van der Waals surface area contributed by atoms with Crippen LogP contribution in [0.25, 0.3) is 0 Å². The lowest BCUT2D eigenvalue weighted by atomic mass is 10.3. The van der Waals surface area contributed by atoms with E-state index in [1.807, 2.05) is 13.8 Å². The number of nitrogens with one attached hydrogen (secondary N) is 1. The van der Waals surface area contributed by atoms with Crippen LogP contribution < -0.4 is 16.8 Å². The van der Waals surface area contributed by atoms with Crippen LogP contribution in [0.2, 0.25) is 0 Å². The van der Waals surface area contributed by atoms with Crippen LogP contribution >= 0.6 is 0 Å². The van der Waals surface area contributed by atoms with Crippen molar-refractivity contribution in [1.82, 2.24) is 9.97 Å². The van der Waals surface area contributed by atoms with Gasteiger partial charge in [0.2, 0.25) is 0 Å². The third-order valence-electron chi connectivity index (χ3n) is 1.34. The predicted octanol–water partition coefficient (Wildman–Crippen LogP) is 0.461. The first-order chi connectivity index (χ1) is 5.61. The number of hydrogen-bond donors (Lipinski definition) is 3. The molecular formula is C7H13N5. The van der Waals surface area contributed by atoms with Gasteiger partial charge < -0.3 is 16.8 Å². The monoisotopic (exact) mass is 167 g/mol. The molecular weight excluding hydrogens is 154 g/mol. The standard InChI is InChI=1S/C7H13N5/c1-4(2)12-7-5(8)6(9)10-3-11-7/h3-4H,8H2,1-2H3,(H3,9,10,11,12). The Kier molecular flexibility index (Phi) is 2.32. The van der Waals surface area contributed by atoms with E-state index in [0.29, 0.717) is 17.3 Å². The zero-order valence-electron chi connectivity index (χ0n) is 7.20. The number of nitrogens with two attached hydrogens (primary N) is 2. The molecule has 12 heavy (non-hydrogen) atoms. The van der Waals surface area contributed by atoms with Gasteiger partial charge in [0.15, 0.2) is 11.6 Å². The molecule has 0 atom stereocenters. The van der Waals surface area contributed by atoms with Gasteiger partial charge in [-0.3, -0.25) is 0 Å². The second-order valence-electron chi connectivity index (χ2n) is 2.82. The lowest BCUT2D eigenvalue weighted by molar-refractivity contribution is 0.888. The van der Waals surface area contributed by atoms with Gasteiger partial charge in [0.05, 0.1) is 0 Å². The van der Waals surface area contributed by atoms with Crippen molar-refractivity contribution < 1.29 is 0 Å². The van der Waals surface area contributed by atoms with Gasteiger partial charge in [-0.1, -0.05) is 0 Å². The smallest absolute Gasteiger partial charge is 0.155 e.